The molecule has 0 fully saturated rings. The van der Waals surface area contributed by atoms with Crippen molar-refractivity contribution in [1.29, 1.82) is 0 Å². The lowest BCUT2D eigenvalue weighted by atomic mass is 10.0. The minimum Gasteiger partial charge on any atom is -0.308 e. The van der Waals surface area contributed by atoms with Gasteiger partial charge >= 0.3 is 0 Å². The van der Waals surface area contributed by atoms with E-state index < -0.39 is 0 Å². The minimum atomic E-state index is 0.986. The van der Waals surface area contributed by atoms with Crippen LogP contribution in [0.4, 0.5) is 0 Å². The fraction of sp³-hybridized carbons (Fsp3) is 0. The number of benzene rings is 5. The van der Waals surface area contributed by atoms with Gasteiger partial charge in [0.1, 0.15) is 5.65 Å². The first-order valence-electron chi connectivity index (χ1n) is 13.5. The molecular formula is C36H22N4. The Hall–Kier alpha value is -5.48. The molecule has 0 aliphatic rings. The van der Waals surface area contributed by atoms with Gasteiger partial charge < -0.3 is 4.57 Å². The molecule has 4 aromatic heterocycles. The number of hydrogen-bond acceptors (Lipinski definition) is 2. The van der Waals surface area contributed by atoms with Crippen LogP contribution in [-0.4, -0.2) is 18.9 Å². The summed E-state index contributed by atoms with van der Waals surface area (Å²) < 4.78 is 4.67. The first kappa shape index (κ1) is 21.5. The molecule has 0 saturated heterocycles. The van der Waals surface area contributed by atoms with E-state index in [2.05, 4.69) is 129 Å². The highest BCUT2D eigenvalue weighted by Gasteiger charge is 2.20. The molecule has 0 spiro atoms. The summed E-state index contributed by atoms with van der Waals surface area (Å²) in [6.45, 7) is 0. The summed E-state index contributed by atoms with van der Waals surface area (Å²) in [5.74, 6) is 0. The van der Waals surface area contributed by atoms with Gasteiger partial charge in [-0.25, -0.2) is 4.98 Å². The molecule has 0 N–H and O–H groups in total. The summed E-state index contributed by atoms with van der Waals surface area (Å²) in [5.41, 5.74) is 9.86. The second-order valence-electron chi connectivity index (χ2n) is 10.3. The smallest absolute Gasteiger partial charge is 0.147 e. The van der Waals surface area contributed by atoms with Crippen LogP contribution < -0.4 is 0 Å². The average molecular weight is 511 g/mol. The number of imidazole rings is 1. The number of nitrogens with zero attached hydrogens (tertiary/aromatic N) is 4. The van der Waals surface area contributed by atoms with Crippen molar-refractivity contribution in [3.8, 4) is 16.8 Å². The Morgan fingerprint density at radius 1 is 0.475 bits per heavy atom. The third-order valence-corrected chi connectivity index (χ3v) is 8.15. The number of para-hydroxylation sites is 4. The van der Waals surface area contributed by atoms with E-state index in [0.29, 0.717) is 0 Å². The Morgan fingerprint density at radius 3 is 2.08 bits per heavy atom. The van der Waals surface area contributed by atoms with Crippen molar-refractivity contribution in [2.24, 2.45) is 0 Å². The molecule has 0 unspecified atom stereocenters. The number of rotatable bonds is 2. The Balaban J connectivity index is 1.49. The largest absolute Gasteiger partial charge is 0.308 e. The van der Waals surface area contributed by atoms with Crippen molar-refractivity contribution in [3.63, 3.8) is 0 Å². The zero-order valence-electron chi connectivity index (χ0n) is 21.5. The third kappa shape index (κ3) is 2.85. The Morgan fingerprint density at radius 2 is 1.20 bits per heavy atom. The van der Waals surface area contributed by atoms with E-state index in [1.807, 2.05) is 18.5 Å². The summed E-state index contributed by atoms with van der Waals surface area (Å²) in [5, 5.41) is 6.03. The lowest BCUT2D eigenvalue weighted by Crippen LogP contribution is -1.96. The van der Waals surface area contributed by atoms with Crippen LogP contribution in [0.5, 0.6) is 0 Å². The number of fused-ring (bicyclic) bond motifs is 12. The van der Waals surface area contributed by atoms with E-state index in [1.54, 1.807) is 0 Å². The second-order valence-corrected chi connectivity index (χ2v) is 10.3. The highest BCUT2D eigenvalue weighted by Crippen LogP contribution is 2.41. The topological polar surface area (TPSA) is 35.1 Å². The lowest BCUT2D eigenvalue weighted by molar-refractivity contribution is 1.14. The first-order chi connectivity index (χ1) is 19.9. The number of hydrogen-bond donors (Lipinski definition) is 0. The van der Waals surface area contributed by atoms with Crippen molar-refractivity contribution >= 4 is 60.2 Å². The van der Waals surface area contributed by atoms with Gasteiger partial charge in [-0.15, -0.1) is 0 Å². The zero-order valence-corrected chi connectivity index (χ0v) is 21.5. The standard InChI is InChI=1S/C36H22N4/c1-2-10-23(11-3-1)24-20-25(22-37-21-24)39-31-16-8-5-13-28(31)34-33(39)19-18-27-26-12-4-7-15-30(26)40-32-17-9-6-14-29(32)38-36(40)35(27)34/h1-22H. The van der Waals surface area contributed by atoms with Crippen LogP contribution in [0.1, 0.15) is 0 Å². The molecule has 9 rings (SSSR count). The van der Waals surface area contributed by atoms with Gasteiger partial charge in [0.25, 0.3) is 0 Å². The van der Waals surface area contributed by atoms with Crippen molar-refractivity contribution in [2.75, 3.05) is 0 Å². The van der Waals surface area contributed by atoms with E-state index in [0.717, 1.165) is 44.5 Å². The van der Waals surface area contributed by atoms with Crippen molar-refractivity contribution in [2.45, 2.75) is 0 Å². The van der Waals surface area contributed by atoms with Gasteiger partial charge in [0.05, 0.1) is 39.5 Å². The van der Waals surface area contributed by atoms with Crippen LogP contribution in [0.25, 0.3) is 77.0 Å². The third-order valence-electron chi connectivity index (χ3n) is 8.15. The van der Waals surface area contributed by atoms with Gasteiger partial charge in [-0.3, -0.25) is 9.38 Å². The van der Waals surface area contributed by atoms with Gasteiger partial charge in [0, 0.05) is 33.3 Å². The maximum Gasteiger partial charge on any atom is 0.147 e. The van der Waals surface area contributed by atoms with E-state index in [9.17, 15) is 0 Å². The van der Waals surface area contributed by atoms with E-state index in [-0.39, 0.29) is 0 Å². The Bertz CT molecular complexity index is 2430. The van der Waals surface area contributed by atoms with Crippen molar-refractivity contribution < 1.29 is 0 Å². The molecule has 5 aromatic carbocycles. The molecule has 4 heteroatoms. The van der Waals surface area contributed by atoms with Gasteiger partial charge in [-0.1, -0.05) is 84.9 Å². The molecule has 0 saturated carbocycles. The predicted octanol–water partition coefficient (Wildman–Crippen LogP) is 8.95. The summed E-state index contributed by atoms with van der Waals surface area (Å²) in [4.78, 5) is 9.90. The summed E-state index contributed by atoms with van der Waals surface area (Å²) in [6, 6.07) is 43.0. The van der Waals surface area contributed by atoms with Gasteiger partial charge in [-0.2, -0.15) is 0 Å². The molecular weight excluding hydrogens is 488 g/mol. The molecule has 186 valence electrons. The molecule has 0 amide bonds. The van der Waals surface area contributed by atoms with Crippen LogP contribution >= 0.6 is 0 Å². The van der Waals surface area contributed by atoms with E-state index in [4.69, 9.17) is 4.98 Å². The molecule has 0 radical (unpaired) electrons. The highest BCUT2D eigenvalue weighted by atomic mass is 15.0. The SMILES string of the molecule is c1ccc(-c2cncc(-n3c4ccccc4c4c5c(ccc43)c3ccccc3n3c4ccccc4nc53)c2)cc1. The first-order valence-corrected chi connectivity index (χ1v) is 13.5. The van der Waals surface area contributed by atoms with Crippen LogP contribution in [0.3, 0.4) is 0 Å². The van der Waals surface area contributed by atoms with Gasteiger partial charge in [0.15, 0.2) is 0 Å². The quantitative estimate of drug-likeness (QED) is 0.218. The normalized spacial score (nSPS) is 12.0. The summed E-state index contributed by atoms with van der Waals surface area (Å²) in [7, 11) is 0. The molecule has 0 bridgehead atoms. The molecule has 40 heavy (non-hydrogen) atoms. The fourth-order valence-corrected chi connectivity index (χ4v) is 6.47. The predicted molar refractivity (Wildman–Crippen MR) is 165 cm³/mol. The molecule has 0 aliphatic heterocycles. The van der Waals surface area contributed by atoms with Crippen LogP contribution in [0.15, 0.2) is 134 Å². The lowest BCUT2D eigenvalue weighted by Gasteiger charge is -2.12. The highest BCUT2D eigenvalue weighted by molar-refractivity contribution is 6.29. The Labute approximate surface area is 229 Å². The minimum absolute atomic E-state index is 0.986. The van der Waals surface area contributed by atoms with Gasteiger partial charge in [0.2, 0.25) is 0 Å². The van der Waals surface area contributed by atoms with E-state index in [1.165, 1.54) is 32.4 Å². The maximum atomic E-state index is 5.23. The summed E-state index contributed by atoms with van der Waals surface area (Å²) in [6.07, 6.45) is 3.90. The van der Waals surface area contributed by atoms with Crippen LogP contribution in [0, 0.1) is 0 Å². The zero-order chi connectivity index (χ0) is 26.2. The molecule has 4 nitrogen and oxygen atoms in total. The second kappa shape index (κ2) is 8.01. The summed E-state index contributed by atoms with van der Waals surface area (Å²) >= 11 is 0. The number of pyridine rings is 2. The number of aromatic nitrogens is 4. The fourth-order valence-electron chi connectivity index (χ4n) is 6.47. The molecule has 0 aliphatic carbocycles. The van der Waals surface area contributed by atoms with E-state index >= 15 is 0 Å². The Kier molecular flexibility index (Phi) is 4.30. The monoisotopic (exact) mass is 510 g/mol. The maximum absolute atomic E-state index is 5.23. The molecule has 4 heterocycles. The molecule has 9 aromatic rings. The molecule has 0 atom stereocenters. The average Bonchev–Trinajstić information content (AvgIpc) is 3.58. The van der Waals surface area contributed by atoms with Crippen molar-refractivity contribution in [1.82, 2.24) is 18.9 Å². The van der Waals surface area contributed by atoms with Crippen molar-refractivity contribution in [3.05, 3.63) is 134 Å². The van der Waals surface area contributed by atoms with Gasteiger partial charge in [-0.05, 0) is 47.3 Å². The van der Waals surface area contributed by atoms with Crippen LogP contribution in [-0.2, 0) is 0 Å². The van der Waals surface area contributed by atoms with Crippen LogP contribution in [0.2, 0.25) is 0 Å².